The number of cyclic esters (lactones) is 1. The van der Waals surface area contributed by atoms with Gasteiger partial charge in [-0.15, -0.1) is 5.10 Å². The fourth-order valence-corrected chi connectivity index (χ4v) is 7.14. The first-order valence-electron chi connectivity index (χ1n) is 17.1. The van der Waals surface area contributed by atoms with Gasteiger partial charge in [0.25, 0.3) is 0 Å². The van der Waals surface area contributed by atoms with Gasteiger partial charge in [0, 0.05) is 42.7 Å². The van der Waals surface area contributed by atoms with Crippen molar-refractivity contribution in [3.05, 3.63) is 30.5 Å². The van der Waals surface area contributed by atoms with Gasteiger partial charge < -0.3 is 25.3 Å². The molecule has 1 aliphatic rings. The molecule has 0 unspecified atom stereocenters. The Morgan fingerprint density at radius 3 is 2.48 bits per heavy atom. The lowest BCUT2D eigenvalue weighted by Gasteiger charge is -2.45. The van der Waals surface area contributed by atoms with E-state index in [1.807, 2.05) is 66.0 Å². The van der Waals surface area contributed by atoms with Crippen molar-refractivity contribution < 1.29 is 28.6 Å². The first-order chi connectivity index (χ1) is 22.6. The highest BCUT2D eigenvalue weighted by Gasteiger charge is 2.51. The molecule has 9 atom stereocenters. The lowest BCUT2D eigenvalue weighted by molar-refractivity contribution is -0.175. The second-order valence-electron chi connectivity index (χ2n) is 13.9. The van der Waals surface area contributed by atoms with E-state index in [1.165, 1.54) is 0 Å². The molecule has 1 aromatic carbocycles. The summed E-state index contributed by atoms with van der Waals surface area (Å²) in [5.74, 6) is -3.65. The highest BCUT2D eigenvalue weighted by atomic mass is 16.6. The number of benzene rings is 1. The molecule has 2 heterocycles. The zero-order valence-electron chi connectivity index (χ0n) is 30.1. The molecule has 2 aromatic rings. The molecule has 0 amide bonds. The first-order valence-corrected chi connectivity index (χ1v) is 17.1. The van der Waals surface area contributed by atoms with Gasteiger partial charge in [-0.25, -0.2) is 0 Å². The number of nitrogens with one attached hydrogen (secondary N) is 1. The summed E-state index contributed by atoms with van der Waals surface area (Å²) in [6, 6.07) is 6.88. The monoisotopic (exact) mass is 663 g/mol. The smallest absolute Gasteiger partial charge is 0.316 e. The van der Waals surface area contributed by atoms with Gasteiger partial charge in [0.1, 0.15) is 43.2 Å². The maximum Gasteiger partial charge on any atom is 0.316 e. The van der Waals surface area contributed by atoms with Crippen LogP contribution in [0.25, 0.3) is 11.3 Å². The number of aromatic nitrogens is 3. The molecule has 1 saturated heterocycles. The third kappa shape index (κ3) is 8.66. The summed E-state index contributed by atoms with van der Waals surface area (Å²) in [6.07, 6.45) is 11.4. The van der Waals surface area contributed by atoms with E-state index in [1.54, 1.807) is 32.6 Å². The van der Waals surface area contributed by atoms with Crippen LogP contribution in [0.4, 0.5) is 5.69 Å². The maximum atomic E-state index is 14.2. The van der Waals surface area contributed by atoms with Crippen LogP contribution in [0.3, 0.4) is 0 Å². The molecular weight excluding hydrogens is 609 g/mol. The summed E-state index contributed by atoms with van der Waals surface area (Å²) >= 11 is 0. The van der Waals surface area contributed by atoms with Crippen LogP contribution in [-0.2, 0) is 35.1 Å². The SMILES string of the molecule is B[C@@H]1[C@@H](C)C(=O)[C@@H](C)C(=O)O[C@H](CC)[C@@](C)(OC#C)[C@H](NCCCCn2cc(-c3cccc(N)c3)nn2)[C@@H](C)C(=O)[C@H](C)C[C@@]1(C)OC. The number of nitrogens with zero attached hydrogens (tertiary/aromatic N) is 3. The van der Waals surface area contributed by atoms with E-state index in [0.717, 1.165) is 24.1 Å². The number of rotatable bonds is 10. The molecule has 11 nitrogen and oxygen atoms in total. The molecule has 12 heteroatoms. The quantitative estimate of drug-likeness (QED) is 0.0959. The van der Waals surface area contributed by atoms with Crippen molar-refractivity contribution in [2.45, 2.75) is 110 Å². The standard InChI is InChI=1S/C36H54BN5O6/c1-10-29-36(8,47-11-2)33(39-17-12-13-18-42-21-28(40-41-42)26-15-14-16-27(38)19-26)24(5)30(43)22(3)20-35(7,46-9)32(37)23(4)31(44)25(6)34(45)48-29/h2,14-16,19,21-25,29,32-33,39H,10,12-13,17-18,20,37-38H2,1,3-9H3/t22-,23+,24+,25-,29-,32-,33-,35-,36-/m1/s1. The number of hydrogen-bond acceptors (Lipinski definition) is 10. The van der Waals surface area contributed by atoms with Crippen LogP contribution >= 0.6 is 0 Å². The summed E-state index contributed by atoms with van der Waals surface area (Å²) in [5, 5.41) is 12.1. The summed E-state index contributed by atoms with van der Waals surface area (Å²) in [5.41, 5.74) is 6.15. The van der Waals surface area contributed by atoms with E-state index in [-0.39, 0.29) is 17.4 Å². The van der Waals surface area contributed by atoms with E-state index in [9.17, 15) is 14.4 Å². The van der Waals surface area contributed by atoms with Crippen LogP contribution in [0.1, 0.15) is 74.1 Å². The Bertz CT molecular complexity index is 1460. The Kier molecular flexibility index (Phi) is 13.4. The Hall–Kier alpha value is -3.69. The van der Waals surface area contributed by atoms with Gasteiger partial charge >= 0.3 is 5.97 Å². The number of ether oxygens (including phenoxy) is 3. The number of carbonyl (C=O) groups excluding carboxylic acids is 3. The number of nitrogens with two attached hydrogens (primary N) is 1. The number of carbonyl (C=O) groups is 3. The predicted octanol–water partition coefficient (Wildman–Crippen LogP) is 3.87. The van der Waals surface area contributed by atoms with Crippen LogP contribution in [0.2, 0.25) is 5.82 Å². The molecule has 0 saturated carbocycles. The highest BCUT2D eigenvalue weighted by molar-refractivity contribution is 6.15. The minimum Gasteiger partial charge on any atom is -0.457 e. The average Bonchev–Trinajstić information content (AvgIpc) is 3.55. The van der Waals surface area contributed by atoms with Crippen LogP contribution in [-0.4, -0.2) is 77.4 Å². The molecule has 3 rings (SSSR count). The van der Waals surface area contributed by atoms with Gasteiger partial charge in [-0.1, -0.05) is 51.5 Å². The number of hydrogen-bond donors (Lipinski definition) is 2. The summed E-state index contributed by atoms with van der Waals surface area (Å²) in [4.78, 5) is 41.3. The van der Waals surface area contributed by atoms with Gasteiger partial charge in [0.05, 0.1) is 17.8 Å². The second kappa shape index (κ2) is 16.6. The molecule has 0 aliphatic carbocycles. The van der Waals surface area contributed by atoms with Crippen molar-refractivity contribution in [3.63, 3.8) is 0 Å². The fourth-order valence-electron chi connectivity index (χ4n) is 7.14. The minimum absolute atomic E-state index is 0.00268. The number of terminal acetylenes is 1. The van der Waals surface area contributed by atoms with Gasteiger partial charge in [-0.3, -0.25) is 19.1 Å². The molecule has 48 heavy (non-hydrogen) atoms. The predicted molar refractivity (Wildman–Crippen MR) is 188 cm³/mol. The van der Waals surface area contributed by atoms with Crippen molar-refractivity contribution in [1.82, 2.24) is 20.3 Å². The number of ketones is 2. The molecule has 1 aromatic heterocycles. The third-order valence-electron chi connectivity index (χ3n) is 10.6. The van der Waals surface area contributed by atoms with Crippen LogP contribution < -0.4 is 11.1 Å². The number of anilines is 1. The van der Waals surface area contributed by atoms with Crippen molar-refractivity contribution in [3.8, 4) is 23.8 Å². The van der Waals surface area contributed by atoms with Gasteiger partial charge in [0.15, 0.2) is 5.60 Å². The summed E-state index contributed by atoms with van der Waals surface area (Å²) < 4.78 is 19.8. The second-order valence-corrected chi connectivity index (χ2v) is 13.9. The van der Waals surface area contributed by atoms with E-state index in [0.29, 0.717) is 31.6 Å². The van der Waals surface area contributed by atoms with E-state index in [2.05, 4.69) is 21.7 Å². The van der Waals surface area contributed by atoms with Gasteiger partial charge in [-0.2, -0.15) is 0 Å². The van der Waals surface area contributed by atoms with Crippen LogP contribution in [0, 0.1) is 36.2 Å². The largest absolute Gasteiger partial charge is 0.457 e. The van der Waals surface area contributed by atoms with E-state index < -0.39 is 53.0 Å². The number of Topliss-reactive ketones (excluding diaryl/α,β-unsaturated/α-hetero) is 2. The van der Waals surface area contributed by atoms with Crippen molar-refractivity contribution >= 4 is 31.1 Å². The normalized spacial score (nSPS) is 32.2. The number of unbranched alkanes of at least 4 members (excludes halogenated alkanes) is 1. The number of nitrogen functional groups attached to an aromatic ring is 1. The van der Waals surface area contributed by atoms with E-state index >= 15 is 0 Å². The topological polar surface area (TPSA) is 148 Å². The molecule has 0 radical (unpaired) electrons. The van der Waals surface area contributed by atoms with Crippen molar-refractivity contribution in [2.24, 2.45) is 23.7 Å². The van der Waals surface area contributed by atoms with Crippen LogP contribution in [0.5, 0.6) is 0 Å². The van der Waals surface area contributed by atoms with Gasteiger partial charge in [0.2, 0.25) is 0 Å². The lowest BCUT2D eigenvalue weighted by atomic mass is 9.62. The Balaban J connectivity index is 1.87. The Morgan fingerprint density at radius 2 is 1.85 bits per heavy atom. The summed E-state index contributed by atoms with van der Waals surface area (Å²) in [6.45, 7) is 13.9. The Morgan fingerprint density at radius 1 is 1.15 bits per heavy atom. The minimum atomic E-state index is -1.29. The molecule has 1 aliphatic heterocycles. The number of methoxy groups -OCH3 is 1. The molecule has 0 spiro atoms. The Labute approximate surface area is 286 Å². The zero-order valence-corrected chi connectivity index (χ0v) is 30.1. The van der Waals surface area contributed by atoms with Gasteiger partial charge in [-0.05, 0) is 70.9 Å². The van der Waals surface area contributed by atoms with Crippen LogP contribution in [0.15, 0.2) is 30.5 Å². The molecule has 0 bridgehead atoms. The summed E-state index contributed by atoms with van der Waals surface area (Å²) in [7, 11) is 3.53. The van der Waals surface area contributed by atoms with Crippen molar-refractivity contribution in [2.75, 3.05) is 19.4 Å². The van der Waals surface area contributed by atoms with Crippen molar-refractivity contribution in [1.29, 1.82) is 0 Å². The first kappa shape index (κ1) is 38.8. The molecule has 3 N–H and O–H groups in total. The average molecular weight is 664 g/mol. The maximum absolute atomic E-state index is 14.2. The molecule has 1 fully saturated rings. The lowest BCUT2D eigenvalue weighted by Crippen LogP contribution is -2.62. The number of aryl methyl sites for hydroxylation is 1. The highest BCUT2D eigenvalue weighted by Crippen LogP contribution is 2.40. The zero-order chi connectivity index (χ0) is 35.8. The molecule has 262 valence electrons. The fraction of sp³-hybridized carbons (Fsp3) is 0.639. The molecular formula is C36H54BN5O6. The number of esters is 1. The third-order valence-corrected chi connectivity index (χ3v) is 10.6. The van der Waals surface area contributed by atoms with E-state index in [4.69, 9.17) is 26.4 Å².